The smallest absolute Gasteiger partial charge is 0.232 e. The Morgan fingerprint density at radius 1 is 1.19 bits per heavy atom. The summed E-state index contributed by atoms with van der Waals surface area (Å²) in [6.07, 6.45) is 2.33. The first-order valence-corrected chi connectivity index (χ1v) is 6.61. The summed E-state index contributed by atoms with van der Waals surface area (Å²) in [6, 6.07) is 15.3. The maximum atomic E-state index is 11.3. The molecule has 0 radical (unpaired) electrons. The van der Waals surface area contributed by atoms with Crippen molar-refractivity contribution in [3.05, 3.63) is 66.2 Å². The molecule has 0 saturated carbocycles. The molecule has 3 aromatic rings. The van der Waals surface area contributed by atoms with E-state index in [1.165, 1.54) is 0 Å². The quantitative estimate of drug-likeness (QED) is 0.582. The molecule has 0 amide bonds. The van der Waals surface area contributed by atoms with Crippen LogP contribution < -0.4 is 5.32 Å². The van der Waals surface area contributed by atoms with E-state index in [1.807, 2.05) is 55.5 Å². The molecule has 0 aliphatic rings. The van der Waals surface area contributed by atoms with Crippen LogP contribution in [-0.2, 0) is 4.79 Å². The summed E-state index contributed by atoms with van der Waals surface area (Å²) >= 11 is 0. The summed E-state index contributed by atoms with van der Waals surface area (Å²) in [5.74, 6) is 0.311. The van der Waals surface area contributed by atoms with Crippen molar-refractivity contribution in [2.45, 2.75) is 6.92 Å². The van der Waals surface area contributed by atoms with Crippen molar-refractivity contribution in [1.82, 2.24) is 4.98 Å². The number of oxazole rings is 1. The van der Waals surface area contributed by atoms with Gasteiger partial charge in [0, 0.05) is 11.9 Å². The summed E-state index contributed by atoms with van der Waals surface area (Å²) in [4.78, 5) is 15.6. The molecule has 0 saturated heterocycles. The molecule has 1 heterocycles. The van der Waals surface area contributed by atoms with Gasteiger partial charge in [0.05, 0.1) is 5.57 Å². The number of aldehydes is 1. The van der Waals surface area contributed by atoms with Crippen molar-refractivity contribution >= 4 is 28.6 Å². The largest absolute Gasteiger partial charge is 0.436 e. The lowest BCUT2D eigenvalue weighted by Crippen LogP contribution is -1.93. The third-order valence-electron chi connectivity index (χ3n) is 3.08. The van der Waals surface area contributed by atoms with Gasteiger partial charge < -0.3 is 9.73 Å². The third kappa shape index (κ3) is 2.84. The number of aryl methyl sites for hydroxylation is 1. The van der Waals surface area contributed by atoms with Crippen LogP contribution in [0.15, 0.2) is 59.1 Å². The Morgan fingerprint density at radius 3 is 2.81 bits per heavy atom. The maximum absolute atomic E-state index is 11.3. The van der Waals surface area contributed by atoms with E-state index in [0.717, 1.165) is 23.1 Å². The Hall–Kier alpha value is -2.88. The third-order valence-corrected chi connectivity index (χ3v) is 3.08. The first kappa shape index (κ1) is 13.1. The SMILES string of the molecule is Cc1cccc(NC=C(C=O)c2nc3ccccc3o2)c1. The van der Waals surface area contributed by atoms with Crippen LogP contribution in [0.25, 0.3) is 16.7 Å². The average molecular weight is 278 g/mol. The molecule has 1 N–H and O–H groups in total. The van der Waals surface area contributed by atoms with Crippen LogP contribution in [-0.4, -0.2) is 11.3 Å². The highest BCUT2D eigenvalue weighted by Gasteiger charge is 2.09. The number of nitrogens with zero attached hydrogens (tertiary/aromatic N) is 1. The van der Waals surface area contributed by atoms with Crippen LogP contribution in [0.1, 0.15) is 11.5 Å². The first-order valence-electron chi connectivity index (χ1n) is 6.61. The highest BCUT2D eigenvalue weighted by molar-refractivity contribution is 6.06. The summed E-state index contributed by atoms with van der Waals surface area (Å²) < 4.78 is 5.58. The first-order chi connectivity index (χ1) is 10.3. The second kappa shape index (κ2) is 5.63. The lowest BCUT2D eigenvalue weighted by molar-refractivity contribution is -0.103. The van der Waals surface area contributed by atoms with E-state index < -0.39 is 0 Å². The Morgan fingerprint density at radius 2 is 2.05 bits per heavy atom. The Bertz CT molecular complexity index is 785. The molecule has 0 spiro atoms. The summed E-state index contributed by atoms with van der Waals surface area (Å²) in [7, 11) is 0. The number of rotatable bonds is 4. The van der Waals surface area contributed by atoms with Gasteiger partial charge in [-0.3, -0.25) is 4.79 Å². The minimum absolute atomic E-state index is 0.311. The number of hydrogen-bond acceptors (Lipinski definition) is 4. The summed E-state index contributed by atoms with van der Waals surface area (Å²) in [6.45, 7) is 2.01. The highest BCUT2D eigenvalue weighted by atomic mass is 16.3. The van der Waals surface area contributed by atoms with Crippen molar-refractivity contribution in [2.75, 3.05) is 5.32 Å². The van der Waals surface area contributed by atoms with Gasteiger partial charge in [0.15, 0.2) is 11.9 Å². The molecule has 0 atom stereocenters. The molecule has 4 heteroatoms. The number of benzene rings is 2. The number of nitrogens with one attached hydrogen (secondary N) is 1. The number of aromatic nitrogens is 1. The highest BCUT2D eigenvalue weighted by Crippen LogP contribution is 2.20. The van der Waals surface area contributed by atoms with Crippen molar-refractivity contribution in [3.63, 3.8) is 0 Å². The Kier molecular flexibility index (Phi) is 3.51. The predicted octanol–water partition coefficient (Wildman–Crippen LogP) is 3.79. The lowest BCUT2D eigenvalue weighted by Gasteiger charge is -2.02. The van der Waals surface area contributed by atoms with Gasteiger partial charge >= 0.3 is 0 Å². The summed E-state index contributed by atoms with van der Waals surface area (Å²) in [5, 5.41) is 3.09. The zero-order valence-corrected chi connectivity index (χ0v) is 11.5. The summed E-state index contributed by atoms with van der Waals surface area (Å²) in [5.41, 5.74) is 3.81. The zero-order chi connectivity index (χ0) is 14.7. The van der Waals surface area contributed by atoms with E-state index >= 15 is 0 Å². The fourth-order valence-electron chi connectivity index (χ4n) is 2.04. The van der Waals surface area contributed by atoms with Crippen molar-refractivity contribution in [3.8, 4) is 0 Å². The number of hydrogen-bond donors (Lipinski definition) is 1. The molecule has 4 nitrogen and oxygen atoms in total. The number of para-hydroxylation sites is 2. The standard InChI is InChI=1S/C17H14N2O2/c1-12-5-4-6-14(9-12)18-10-13(11-20)17-19-15-7-2-3-8-16(15)21-17/h2-11,18H,1H3. The van der Waals surface area contributed by atoms with Crippen molar-refractivity contribution < 1.29 is 9.21 Å². The molecule has 3 rings (SSSR count). The van der Waals surface area contributed by atoms with E-state index in [2.05, 4.69) is 10.3 Å². The fraction of sp³-hybridized carbons (Fsp3) is 0.0588. The zero-order valence-electron chi connectivity index (χ0n) is 11.5. The molecule has 104 valence electrons. The van der Waals surface area contributed by atoms with Gasteiger partial charge in [0.25, 0.3) is 0 Å². The molecular formula is C17H14N2O2. The predicted molar refractivity (Wildman–Crippen MR) is 82.9 cm³/mol. The minimum atomic E-state index is 0.311. The van der Waals surface area contributed by atoms with Crippen molar-refractivity contribution in [1.29, 1.82) is 0 Å². The van der Waals surface area contributed by atoms with Crippen LogP contribution in [0.4, 0.5) is 5.69 Å². The van der Waals surface area contributed by atoms with Gasteiger partial charge in [0.2, 0.25) is 5.89 Å². The maximum Gasteiger partial charge on any atom is 0.232 e. The monoisotopic (exact) mass is 278 g/mol. The molecule has 21 heavy (non-hydrogen) atoms. The fourth-order valence-corrected chi connectivity index (χ4v) is 2.04. The number of anilines is 1. The van der Waals surface area contributed by atoms with Crippen LogP contribution in [0.5, 0.6) is 0 Å². The normalized spacial score (nSPS) is 11.6. The molecule has 1 aromatic heterocycles. The van der Waals surface area contributed by atoms with E-state index in [-0.39, 0.29) is 0 Å². The average Bonchev–Trinajstić information content (AvgIpc) is 2.91. The lowest BCUT2D eigenvalue weighted by atomic mass is 10.2. The van der Waals surface area contributed by atoms with Crippen LogP contribution in [0, 0.1) is 6.92 Å². The van der Waals surface area contributed by atoms with Gasteiger partial charge in [-0.25, -0.2) is 4.98 Å². The van der Waals surface area contributed by atoms with Gasteiger partial charge in [0.1, 0.15) is 5.52 Å². The number of carbonyl (C=O) groups is 1. The number of fused-ring (bicyclic) bond motifs is 1. The molecule has 0 unspecified atom stereocenters. The molecule has 2 aromatic carbocycles. The molecule has 0 fully saturated rings. The van der Waals surface area contributed by atoms with Gasteiger partial charge in [-0.1, -0.05) is 24.3 Å². The Balaban J connectivity index is 1.90. The topological polar surface area (TPSA) is 55.1 Å². The number of allylic oxidation sites excluding steroid dienone is 1. The molecular weight excluding hydrogens is 264 g/mol. The van der Waals surface area contributed by atoms with Crippen LogP contribution >= 0.6 is 0 Å². The molecule has 0 bridgehead atoms. The minimum Gasteiger partial charge on any atom is -0.436 e. The van der Waals surface area contributed by atoms with E-state index in [4.69, 9.17) is 4.42 Å². The second-order valence-corrected chi connectivity index (χ2v) is 4.72. The van der Waals surface area contributed by atoms with Crippen LogP contribution in [0.3, 0.4) is 0 Å². The second-order valence-electron chi connectivity index (χ2n) is 4.72. The number of carbonyl (C=O) groups excluding carboxylic acids is 1. The molecule has 0 aliphatic heterocycles. The van der Waals surface area contributed by atoms with E-state index in [1.54, 1.807) is 6.20 Å². The van der Waals surface area contributed by atoms with E-state index in [9.17, 15) is 4.79 Å². The van der Waals surface area contributed by atoms with E-state index in [0.29, 0.717) is 17.0 Å². The van der Waals surface area contributed by atoms with Gasteiger partial charge in [-0.2, -0.15) is 0 Å². The van der Waals surface area contributed by atoms with Gasteiger partial charge in [-0.15, -0.1) is 0 Å². The van der Waals surface area contributed by atoms with Crippen molar-refractivity contribution in [2.24, 2.45) is 0 Å². The van der Waals surface area contributed by atoms with Gasteiger partial charge in [-0.05, 0) is 36.8 Å². The molecule has 0 aliphatic carbocycles. The van der Waals surface area contributed by atoms with Crippen LogP contribution in [0.2, 0.25) is 0 Å². The Labute approximate surface area is 122 Å².